The minimum atomic E-state index is -0.775. The molecule has 1 saturated carbocycles. The number of hydrogen-bond donors (Lipinski definition) is 3. The Hall–Kier alpha value is -2.50. The fourth-order valence-corrected chi connectivity index (χ4v) is 3.32. The molecule has 2 aromatic rings. The first-order valence-electron chi connectivity index (χ1n) is 7.73. The lowest BCUT2D eigenvalue weighted by Gasteiger charge is -2.12. The Morgan fingerprint density at radius 2 is 2.22 bits per heavy atom. The molecular formula is C17H20N2O4. The van der Waals surface area contributed by atoms with Crippen molar-refractivity contribution in [2.24, 2.45) is 5.92 Å². The number of carbonyl (C=O) groups excluding carboxylic acids is 1. The van der Waals surface area contributed by atoms with E-state index in [-0.39, 0.29) is 24.3 Å². The molecule has 1 aromatic heterocycles. The van der Waals surface area contributed by atoms with E-state index in [1.165, 1.54) is 0 Å². The molecule has 0 saturated heterocycles. The van der Waals surface area contributed by atoms with Gasteiger partial charge in [-0.05, 0) is 37.0 Å². The largest absolute Gasteiger partial charge is 0.496 e. The predicted octanol–water partition coefficient (Wildman–Crippen LogP) is 2.09. The van der Waals surface area contributed by atoms with Crippen LogP contribution in [-0.4, -0.2) is 35.1 Å². The van der Waals surface area contributed by atoms with Gasteiger partial charge in [-0.1, -0.05) is 6.07 Å². The molecule has 1 heterocycles. The summed E-state index contributed by atoms with van der Waals surface area (Å²) in [5.41, 5.74) is 1.81. The van der Waals surface area contributed by atoms with Crippen LogP contribution in [0.25, 0.3) is 10.9 Å². The highest BCUT2D eigenvalue weighted by molar-refractivity contribution is 5.93. The van der Waals surface area contributed by atoms with Crippen molar-refractivity contribution in [3.8, 4) is 5.75 Å². The summed E-state index contributed by atoms with van der Waals surface area (Å²) >= 11 is 0. The van der Waals surface area contributed by atoms with Crippen LogP contribution in [0.3, 0.4) is 0 Å². The topological polar surface area (TPSA) is 91.4 Å². The van der Waals surface area contributed by atoms with Crippen LogP contribution in [0, 0.1) is 5.92 Å². The van der Waals surface area contributed by atoms with Crippen LogP contribution in [0.15, 0.2) is 24.4 Å². The minimum Gasteiger partial charge on any atom is -0.496 e. The van der Waals surface area contributed by atoms with Gasteiger partial charge in [0.05, 0.1) is 19.4 Å². The minimum absolute atomic E-state index is 0.0456. The molecule has 2 atom stereocenters. The van der Waals surface area contributed by atoms with Gasteiger partial charge in [-0.15, -0.1) is 0 Å². The van der Waals surface area contributed by atoms with Gasteiger partial charge in [0, 0.05) is 23.1 Å². The lowest BCUT2D eigenvalue weighted by Crippen LogP contribution is -2.34. The second kappa shape index (κ2) is 6.32. The Bertz CT molecular complexity index is 737. The number of H-pyrrole nitrogens is 1. The van der Waals surface area contributed by atoms with Gasteiger partial charge in [0.1, 0.15) is 5.75 Å². The smallest absolute Gasteiger partial charge is 0.306 e. The number of carboxylic acids is 1. The van der Waals surface area contributed by atoms with Crippen molar-refractivity contribution in [1.29, 1.82) is 0 Å². The number of carboxylic acid groups (broad SMARTS) is 1. The van der Waals surface area contributed by atoms with Crippen LogP contribution in [0.5, 0.6) is 5.75 Å². The number of rotatable bonds is 5. The summed E-state index contributed by atoms with van der Waals surface area (Å²) in [6.07, 6.45) is 3.93. The second-order valence-corrected chi connectivity index (χ2v) is 5.99. The zero-order valence-electron chi connectivity index (χ0n) is 13.0. The van der Waals surface area contributed by atoms with E-state index in [1.807, 2.05) is 24.4 Å². The van der Waals surface area contributed by atoms with Crippen molar-refractivity contribution >= 4 is 22.8 Å². The average molecular weight is 316 g/mol. The molecule has 0 unspecified atom stereocenters. The Balaban J connectivity index is 1.68. The lowest BCUT2D eigenvalue weighted by atomic mass is 10.1. The van der Waals surface area contributed by atoms with Crippen molar-refractivity contribution < 1.29 is 19.4 Å². The highest BCUT2D eigenvalue weighted by Crippen LogP contribution is 2.29. The van der Waals surface area contributed by atoms with Gasteiger partial charge in [-0.25, -0.2) is 0 Å². The molecule has 1 amide bonds. The standard InChI is InChI=1S/C17H20N2O4/c1-23-14-4-2-3-13-16(14)11(9-18-13)8-15(20)19-12-6-5-10(7-12)17(21)22/h2-4,9-10,12,18H,5-8H2,1H3,(H,19,20)(H,21,22)/t10-,12+/m0/s1. The molecule has 1 fully saturated rings. The quantitative estimate of drug-likeness (QED) is 0.787. The lowest BCUT2D eigenvalue weighted by molar-refractivity contribution is -0.141. The molecule has 3 rings (SSSR count). The third-order valence-corrected chi connectivity index (χ3v) is 4.47. The molecule has 6 nitrogen and oxygen atoms in total. The summed E-state index contributed by atoms with van der Waals surface area (Å²) < 4.78 is 5.36. The number of ether oxygens (including phenoxy) is 1. The average Bonchev–Trinajstić information content (AvgIpc) is 3.14. The van der Waals surface area contributed by atoms with E-state index in [9.17, 15) is 9.59 Å². The van der Waals surface area contributed by atoms with Crippen LogP contribution < -0.4 is 10.1 Å². The molecule has 0 radical (unpaired) electrons. The SMILES string of the molecule is COc1cccc2[nH]cc(CC(=O)N[C@@H]3CC[C@H](C(=O)O)C3)c12. The number of aromatic nitrogens is 1. The zero-order valence-corrected chi connectivity index (χ0v) is 13.0. The number of aromatic amines is 1. The Kier molecular flexibility index (Phi) is 4.23. The van der Waals surface area contributed by atoms with Gasteiger partial charge in [-0.3, -0.25) is 9.59 Å². The van der Waals surface area contributed by atoms with Gasteiger partial charge in [0.15, 0.2) is 0 Å². The van der Waals surface area contributed by atoms with E-state index >= 15 is 0 Å². The summed E-state index contributed by atoms with van der Waals surface area (Å²) in [5, 5.41) is 12.9. The monoisotopic (exact) mass is 316 g/mol. The molecule has 1 aliphatic carbocycles. The number of nitrogens with one attached hydrogen (secondary N) is 2. The van der Waals surface area contributed by atoms with Gasteiger partial charge in [0.2, 0.25) is 5.91 Å². The summed E-state index contributed by atoms with van der Waals surface area (Å²) in [5.74, 6) is -0.470. The first kappa shape index (κ1) is 15.4. The van der Waals surface area contributed by atoms with E-state index in [4.69, 9.17) is 9.84 Å². The summed E-state index contributed by atoms with van der Waals surface area (Å²) in [7, 11) is 1.61. The fourth-order valence-electron chi connectivity index (χ4n) is 3.32. The molecule has 1 aromatic carbocycles. The van der Waals surface area contributed by atoms with E-state index in [0.29, 0.717) is 12.8 Å². The number of aliphatic carboxylic acids is 1. The van der Waals surface area contributed by atoms with E-state index < -0.39 is 5.97 Å². The number of methoxy groups -OCH3 is 1. The van der Waals surface area contributed by atoms with Crippen molar-refractivity contribution in [1.82, 2.24) is 10.3 Å². The van der Waals surface area contributed by atoms with Gasteiger partial charge in [-0.2, -0.15) is 0 Å². The van der Waals surface area contributed by atoms with Crippen LogP contribution in [0.2, 0.25) is 0 Å². The number of benzene rings is 1. The first-order chi connectivity index (χ1) is 11.1. The Morgan fingerprint density at radius 1 is 1.39 bits per heavy atom. The third-order valence-electron chi connectivity index (χ3n) is 4.47. The van der Waals surface area contributed by atoms with Gasteiger partial charge >= 0.3 is 5.97 Å². The molecule has 122 valence electrons. The first-order valence-corrected chi connectivity index (χ1v) is 7.73. The van der Waals surface area contributed by atoms with E-state index in [1.54, 1.807) is 7.11 Å². The van der Waals surface area contributed by atoms with Gasteiger partial charge < -0.3 is 20.1 Å². The predicted molar refractivity (Wildman–Crippen MR) is 85.5 cm³/mol. The normalized spacial score (nSPS) is 20.6. The van der Waals surface area contributed by atoms with Gasteiger partial charge in [0.25, 0.3) is 0 Å². The summed E-state index contributed by atoms with van der Waals surface area (Å²) in [4.78, 5) is 26.4. The van der Waals surface area contributed by atoms with Crippen molar-refractivity contribution in [3.05, 3.63) is 30.0 Å². The van der Waals surface area contributed by atoms with E-state index in [0.717, 1.165) is 28.6 Å². The third kappa shape index (κ3) is 3.16. The molecule has 6 heteroatoms. The van der Waals surface area contributed by atoms with Crippen LogP contribution >= 0.6 is 0 Å². The highest BCUT2D eigenvalue weighted by Gasteiger charge is 2.30. The maximum atomic E-state index is 12.3. The molecule has 0 aliphatic heterocycles. The second-order valence-electron chi connectivity index (χ2n) is 5.99. The highest BCUT2D eigenvalue weighted by atomic mass is 16.5. The van der Waals surface area contributed by atoms with Crippen LogP contribution in [0.1, 0.15) is 24.8 Å². The molecule has 23 heavy (non-hydrogen) atoms. The van der Waals surface area contributed by atoms with E-state index in [2.05, 4.69) is 10.3 Å². The summed E-state index contributed by atoms with van der Waals surface area (Å²) in [6, 6.07) is 5.65. The number of amides is 1. The maximum Gasteiger partial charge on any atom is 0.306 e. The Morgan fingerprint density at radius 3 is 2.91 bits per heavy atom. The van der Waals surface area contributed by atoms with Crippen molar-refractivity contribution in [2.75, 3.05) is 7.11 Å². The molecule has 3 N–H and O–H groups in total. The maximum absolute atomic E-state index is 12.3. The summed E-state index contributed by atoms with van der Waals surface area (Å²) in [6.45, 7) is 0. The molecule has 0 spiro atoms. The number of carbonyl (C=O) groups is 2. The van der Waals surface area contributed by atoms with Crippen molar-refractivity contribution in [2.45, 2.75) is 31.7 Å². The Labute approximate surface area is 133 Å². The number of hydrogen-bond acceptors (Lipinski definition) is 3. The molecule has 1 aliphatic rings. The van der Waals surface area contributed by atoms with Crippen LogP contribution in [-0.2, 0) is 16.0 Å². The fraction of sp³-hybridized carbons (Fsp3) is 0.412. The molecular weight excluding hydrogens is 296 g/mol. The number of fused-ring (bicyclic) bond motifs is 1. The van der Waals surface area contributed by atoms with Crippen LogP contribution in [0.4, 0.5) is 0 Å². The molecule has 0 bridgehead atoms. The van der Waals surface area contributed by atoms with Crippen molar-refractivity contribution in [3.63, 3.8) is 0 Å². The zero-order chi connectivity index (χ0) is 16.4.